The van der Waals surface area contributed by atoms with Crippen molar-refractivity contribution < 1.29 is 0 Å². The highest BCUT2D eigenvalue weighted by molar-refractivity contribution is 5.76. The zero-order chi connectivity index (χ0) is 21.0. The maximum Gasteiger partial charge on any atom is 0.354 e. The summed E-state index contributed by atoms with van der Waals surface area (Å²) in [6, 6.07) is 10.1. The topological polar surface area (TPSA) is 125 Å². The highest BCUT2D eigenvalue weighted by Crippen LogP contribution is 2.20. The van der Waals surface area contributed by atoms with Gasteiger partial charge in [0.2, 0.25) is 0 Å². The number of guanidine groups is 1. The molecule has 2 heterocycles. The SMILES string of the molecule is CC(C)c1cc2cn(-c3ccc([C@H](C)NCCCNC(=N)N)cc3)c(=O)nc2[nH]1. The van der Waals surface area contributed by atoms with E-state index in [2.05, 4.69) is 41.4 Å². The predicted molar refractivity (Wildman–Crippen MR) is 117 cm³/mol. The molecule has 1 atom stereocenters. The van der Waals surface area contributed by atoms with Crippen molar-refractivity contribution in [2.75, 3.05) is 13.1 Å². The Morgan fingerprint density at radius 2 is 1.97 bits per heavy atom. The Labute approximate surface area is 170 Å². The van der Waals surface area contributed by atoms with E-state index in [1.165, 1.54) is 0 Å². The number of hydrogen-bond donors (Lipinski definition) is 5. The standard InChI is InChI=1S/C21H29N7O/c1-13(2)18-11-16-12-28(21(29)27-19(16)26-18)17-7-5-15(6-8-17)14(3)24-9-4-10-25-20(22)23/h5-8,11-14,24H,4,9-10H2,1-3H3,(H4,22,23,25)(H,26,27,29)/t14-/m0/s1. The van der Waals surface area contributed by atoms with E-state index in [1.54, 1.807) is 4.57 Å². The molecule has 0 spiro atoms. The average Bonchev–Trinajstić information content (AvgIpc) is 3.10. The molecule has 0 saturated carbocycles. The van der Waals surface area contributed by atoms with Crippen LogP contribution in [0.25, 0.3) is 16.7 Å². The molecule has 0 aliphatic rings. The molecule has 3 rings (SSSR count). The van der Waals surface area contributed by atoms with Crippen LogP contribution in [0, 0.1) is 5.41 Å². The number of benzene rings is 1. The molecule has 6 N–H and O–H groups in total. The summed E-state index contributed by atoms with van der Waals surface area (Å²) in [5.41, 5.74) is 8.59. The molecular weight excluding hydrogens is 366 g/mol. The fraction of sp³-hybridized carbons (Fsp3) is 0.381. The third-order valence-electron chi connectivity index (χ3n) is 4.94. The van der Waals surface area contributed by atoms with Gasteiger partial charge < -0.3 is 21.4 Å². The van der Waals surface area contributed by atoms with Crippen LogP contribution < -0.4 is 22.1 Å². The monoisotopic (exact) mass is 395 g/mol. The second kappa shape index (κ2) is 8.91. The van der Waals surface area contributed by atoms with Crippen LogP contribution >= 0.6 is 0 Å². The van der Waals surface area contributed by atoms with E-state index in [9.17, 15) is 4.79 Å². The minimum Gasteiger partial charge on any atom is -0.370 e. The average molecular weight is 396 g/mol. The van der Waals surface area contributed by atoms with Crippen LogP contribution in [0.5, 0.6) is 0 Å². The summed E-state index contributed by atoms with van der Waals surface area (Å²) < 4.78 is 1.58. The summed E-state index contributed by atoms with van der Waals surface area (Å²) >= 11 is 0. The minimum absolute atomic E-state index is 0.00312. The lowest BCUT2D eigenvalue weighted by Gasteiger charge is -2.15. The fourth-order valence-corrected chi connectivity index (χ4v) is 3.18. The van der Waals surface area contributed by atoms with Gasteiger partial charge in [0, 0.05) is 29.9 Å². The maximum atomic E-state index is 12.5. The smallest absolute Gasteiger partial charge is 0.354 e. The summed E-state index contributed by atoms with van der Waals surface area (Å²) in [4.78, 5) is 19.9. The largest absolute Gasteiger partial charge is 0.370 e. The molecule has 0 unspecified atom stereocenters. The van der Waals surface area contributed by atoms with Crippen LogP contribution in [-0.2, 0) is 0 Å². The van der Waals surface area contributed by atoms with Crippen molar-refractivity contribution in [1.82, 2.24) is 25.2 Å². The predicted octanol–water partition coefficient (Wildman–Crippen LogP) is 2.36. The number of nitrogens with one attached hydrogen (secondary N) is 4. The van der Waals surface area contributed by atoms with E-state index in [-0.39, 0.29) is 17.7 Å². The summed E-state index contributed by atoms with van der Waals surface area (Å²) in [6.45, 7) is 7.79. The second-order valence-corrected chi connectivity index (χ2v) is 7.54. The summed E-state index contributed by atoms with van der Waals surface area (Å²) in [5.74, 6) is 0.343. The number of rotatable bonds is 8. The quantitative estimate of drug-likeness (QED) is 0.227. The lowest BCUT2D eigenvalue weighted by molar-refractivity contribution is 0.555. The van der Waals surface area contributed by atoms with Crippen molar-refractivity contribution >= 4 is 17.0 Å². The van der Waals surface area contributed by atoms with Crippen LogP contribution in [0.1, 0.15) is 50.4 Å². The van der Waals surface area contributed by atoms with Crippen molar-refractivity contribution in [2.45, 2.75) is 39.2 Å². The van der Waals surface area contributed by atoms with Crippen molar-refractivity contribution in [3.8, 4) is 5.69 Å². The highest BCUT2D eigenvalue weighted by Gasteiger charge is 2.10. The third-order valence-corrected chi connectivity index (χ3v) is 4.94. The Balaban J connectivity index is 1.70. The van der Waals surface area contributed by atoms with Crippen LogP contribution in [0.4, 0.5) is 0 Å². The van der Waals surface area contributed by atoms with Gasteiger partial charge in [0.1, 0.15) is 5.65 Å². The number of fused-ring (bicyclic) bond motifs is 1. The molecule has 0 radical (unpaired) electrons. The molecule has 29 heavy (non-hydrogen) atoms. The molecule has 8 heteroatoms. The van der Waals surface area contributed by atoms with E-state index in [0.717, 1.165) is 35.3 Å². The van der Waals surface area contributed by atoms with E-state index in [0.29, 0.717) is 18.1 Å². The second-order valence-electron chi connectivity index (χ2n) is 7.54. The number of H-pyrrole nitrogens is 1. The van der Waals surface area contributed by atoms with Gasteiger partial charge in [-0.15, -0.1) is 0 Å². The van der Waals surface area contributed by atoms with Gasteiger partial charge in [-0.3, -0.25) is 9.98 Å². The van der Waals surface area contributed by atoms with E-state index in [1.807, 2.05) is 36.5 Å². The maximum absolute atomic E-state index is 12.5. The Hall–Kier alpha value is -3.13. The summed E-state index contributed by atoms with van der Waals surface area (Å²) in [5, 5.41) is 14.3. The molecule has 0 amide bonds. The van der Waals surface area contributed by atoms with Gasteiger partial charge >= 0.3 is 5.69 Å². The molecule has 8 nitrogen and oxygen atoms in total. The first-order chi connectivity index (χ1) is 13.8. The number of aromatic amines is 1. The molecule has 0 fully saturated rings. The fourth-order valence-electron chi connectivity index (χ4n) is 3.18. The first kappa shape index (κ1) is 20.6. The molecule has 0 aliphatic heterocycles. The molecular formula is C21H29N7O. The number of nitrogens with two attached hydrogens (primary N) is 1. The number of hydrogen-bond acceptors (Lipinski definition) is 4. The molecule has 3 aromatic rings. The van der Waals surface area contributed by atoms with E-state index < -0.39 is 0 Å². The minimum atomic E-state index is -0.299. The zero-order valence-corrected chi connectivity index (χ0v) is 17.1. The van der Waals surface area contributed by atoms with Crippen molar-refractivity contribution in [1.29, 1.82) is 5.41 Å². The molecule has 0 bridgehead atoms. The van der Waals surface area contributed by atoms with Crippen LogP contribution in [-0.4, -0.2) is 33.6 Å². The third kappa shape index (κ3) is 5.03. The van der Waals surface area contributed by atoms with Crippen LogP contribution in [0.3, 0.4) is 0 Å². The normalized spacial score (nSPS) is 12.4. The Kier molecular flexibility index (Phi) is 6.33. The number of nitrogens with zero attached hydrogens (tertiary/aromatic N) is 2. The molecule has 0 saturated heterocycles. The first-order valence-corrected chi connectivity index (χ1v) is 9.89. The summed E-state index contributed by atoms with van der Waals surface area (Å²) in [6.07, 6.45) is 2.71. The van der Waals surface area contributed by atoms with E-state index >= 15 is 0 Å². The summed E-state index contributed by atoms with van der Waals surface area (Å²) in [7, 11) is 0. The lowest BCUT2D eigenvalue weighted by Crippen LogP contribution is -2.32. The molecule has 2 aromatic heterocycles. The Morgan fingerprint density at radius 3 is 2.62 bits per heavy atom. The Bertz CT molecular complexity index is 1030. The molecule has 0 aliphatic carbocycles. The van der Waals surface area contributed by atoms with Gasteiger partial charge in [0.15, 0.2) is 5.96 Å². The van der Waals surface area contributed by atoms with Gasteiger partial charge in [-0.05, 0) is 49.6 Å². The zero-order valence-electron chi connectivity index (χ0n) is 17.1. The first-order valence-electron chi connectivity index (χ1n) is 9.89. The van der Waals surface area contributed by atoms with E-state index in [4.69, 9.17) is 11.1 Å². The highest BCUT2D eigenvalue weighted by atomic mass is 16.1. The molecule has 154 valence electrons. The van der Waals surface area contributed by atoms with Gasteiger partial charge in [-0.2, -0.15) is 4.98 Å². The lowest BCUT2D eigenvalue weighted by atomic mass is 10.1. The van der Waals surface area contributed by atoms with Gasteiger partial charge in [0.05, 0.1) is 5.69 Å². The number of aromatic nitrogens is 3. The van der Waals surface area contributed by atoms with Crippen molar-refractivity contribution in [3.63, 3.8) is 0 Å². The van der Waals surface area contributed by atoms with Gasteiger partial charge in [-0.25, -0.2) is 4.79 Å². The molecule has 1 aromatic carbocycles. The van der Waals surface area contributed by atoms with Gasteiger partial charge in [-0.1, -0.05) is 26.0 Å². The van der Waals surface area contributed by atoms with Crippen molar-refractivity contribution in [2.24, 2.45) is 5.73 Å². The van der Waals surface area contributed by atoms with Crippen LogP contribution in [0.15, 0.2) is 41.3 Å². The van der Waals surface area contributed by atoms with Crippen molar-refractivity contribution in [3.05, 3.63) is 58.3 Å². The van der Waals surface area contributed by atoms with Crippen LogP contribution in [0.2, 0.25) is 0 Å². The van der Waals surface area contributed by atoms with Gasteiger partial charge in [0.25, 0.3) is 0 Å². The Morgan fingerprint density at radius 1 is 1.24 bits per heavy atom.